The number of hydroxylamine groups is 1. The van der Waals surface area contributed by atoms with Gasteiger partial charge in [0.15, 0.2) is 0 Å². The van der Waals surface area contributed by atoms with Crippen LogP contribution in [0.25, 0.3) is 0 Å². The van der Waals surface area contributed by atoms with Gasteiger partial charge in [0.05, 0.1) is 21.6 Å². The Bertz CT molecular complexity index is 844. The maximum Gasteiger partial charge on any atom is 0.573 e. The summed E-state index contributed by atoms with van der Waals surface area (Å²) < 4.78 is 40.3. The van der Waals surface area contributed by atoms with Gasteiger partial charge in [-0.05, 0) is 31.2 Å². The molecule has 146 valence electrons. The van der Waals surface area contributed by atoms with Gasteiger partial charge in [0.2, 0.25) is 0 Å². The standard InChI is InChI=1S/C15H13ClF3N3O4S/c1-7(11-4-5-12(27-11)13(23)22-25)20-14(24)21-10-3-2-8(6-9(10)16)26-15(17,18)19/h2-7,25H,1H3,(H,22,23)(H2,20,21,24). The molecule has 1 unspecified atom stereocenters. The van der Waals surface area contributed by atoms with Crippen LogP contribution in [0, 0.1) is 0 Å². The first kappa shape index (κ1) is 20.8. The summed E-state index contributed by atoms with van der Waals surface area (Å²) in [6.45, 7) is 1.66. The minimum atomic E-state index is -4.85. The van der Waals surface area contributed by atoms with Crippen molar-refractivity contribution in [3.63, 3.8) is 0 Å². The molecule has 0 bridgehead atoms. The number of nitrogens with one attached hydrogen (secondary N) is 3. The molecule has 0 spiro atoms. The lowest BCUT2D eigenvalue weighted by Crippen LogP contribution is -2.30. The molecule has 0 saturated carbocycles. The molecule has 0 saturated heterocycles. The van der Waals surface area contributed by atoms with E-state index in [0.29, 0.717) is 4.88 Å². The Morgan fingerprint density at radius 1 is 1.26 bits per heavy atom. The molecule has 12 heteroatoms. The average Bonchev–Trinajstić information content (AvgIpc) is 3.05. The minimum absolute atomic E-state index is 0.0856. The van der Waals surface area contributed by atoms with Gasteiger partial charge in [0.25, 0.3) is 5.91 Å². The Kier molecular flexibility index (Phi) is 6.52. The lowest BCUT2D eigenvalue weighted by atomic mass is 10.2. The number of halogens is 4. The molecule has 0 fully saturated rings. The van der Waals surface area contributed by atoms with Gasteiger partial charge >= 0.3 is 12.4 Å². The van der Waals surface area contributed by atoms with Crippen molar-refractivity contribution >= 4 is 40.6 Å². The second kappa shape index (κ2) is 8.46. The maximum absolute atomic E-state index is 12.2. The number of benzene rings is 1. The highest BCUT2D eigenvalue weighted by molar-refractivity contribution is 7.14. The van der Waals surface area contributed by atoms with Crippen LogP contribution in [-0.2, 0) is 0 Å². The Morgan fingerprint density at radius 3 is 2.56 bits per heavy atom. The third-order valence-electron chi connectivity index (χ3n) is 3.15. The molecule has 2 aromatic rings. The molecule has 1 aromatic heterocycles. The summed E-state index contributed by atoms with van der Waals surface area (Å²) in [6, 6.07) is 5.05. The van der Waals surface area contributed by atoms with E-state index in [1.54, 1.807) is 13.0 Å². The number of carbonyl (C=O) groups is 2. The van der Waals surface area contributed by atoms with E-state index in [9.17, 15) is 22.8 Å². The summed E-state index contributed by atoms with van der Waals surface area (Å²) in [6.07, 6.45) is -4.85. The van der Waals surface area contributed by atoms with E-state index >= 15 is 0 Å². The fourth-order valence-electron chi connectivity index (χ4n) is 1.98. The summed E-state index contributed by atoms with van der Waals surface area (Å²) in [5.41, 5.74) is 1.59. The first-order valence-corrected chi connectivity index (χ1v) is 8.45. The monoisotopic (exact) mass is 423 g/mol. The number of hydrogen-bond acceptors (Lipinski definition) is 5. The molecule has 7 nitrogen and oxygen atoms in total. The van der Waals surface area contributed by atoms with Gasteiger partial charge in [-0.1, -0.05) is 11.6 Å². The average molecular weight is 424 g/mol. The number of hydrogen-bond donors (Lipinski definition) is 4. The van der Waals surface area contributed by atoms with Gasteiger partial charge in [-0.3, -0.25) is 10.0 Å². The number of amides is 3. The van der Waals surface area contributed by atoms with Gasteiger partial charge in [-0.25, -0.2) is 10.3 Å². The van der Waals surface area contributed by atoms with Crippen molar-refractivity contribution in [1.29, 1.82) is 0 Å². The smallest absolute Gasteiger partial charge is 0.406 e. The first-order chi connectivity index (χ1) is 12.6. The van der Waals surface area contributed by atoms with Gasteiger partial charge in [0, 0.05) is 10.9 Å². The van der Waals surface area contributed by atoms with Crippen molar-refractivity contribution < 1.29 is 32.7 Å². The topological polar surface area (TPSA) is 99.7 Å². The van der Waals surface area contributed by atoms with Gasteiger partial charge < -0.3 is 15.4 Å². The Hall–Kier alpha value is -2.50. The van der Waals surface area contributed by atoms with Crippen molar-refractivity contribution in [1.82, 2.24) is 10.8 Å². The van der Waals surface area contributed by atoms with Crippen LogP contribution in [0.2, 0.25) is 5.02 Å². The third-order valence-corrected chi connectivity index (χ3v) is 4.73. The molecule has 0 radical (unpaired) electrons. The molecule has 27 heavy (non-hydrogen) atoms. The molecular weight excluding hydrogens is 411 g/mol. The summed E-state index contributed by atoms with van der Waals surface area (Å²) in [4.78, 5) is 24.3. The van der Waals surface area contributed by atoms with E-state index in [2.05, 4.69) is 15.4 Å². The van der Waals surface area contributed by atoms with Crippen LogP contribution in [0.5, 0.6) is 5.75 Å². The normalized spacial score (nSPS) is 12.2. The van der Waals surface area contributed by atoms with Crippen molar-refractivity contribution in [2.45, 2.75) is 19.3 Å². The number of thiophene rings is 1. The van der Waals surface area contributed by atoms with Crippen LogP contribution >= 0.6 is 22.9 Å². The molecule has 0 aliphatic rings. The fraction of sp³-hybridized carbons (Fsp3) is 0.200. The second-order valence-corrected chi connectivity index (χ2v) is 6.68. The summed E-state index contributed by atoms with van der Waals surface area (Å²) in [7, 11) is 0. The molecule has 1 atom stereocenters. The molecule has 0 aliphatic heterocycles. The van der Waals surface area contributed by atoms with Gasteiger partial charge in [-0.15, -0.1) is 24.5 Å². The molecular formula is C15H13ClF3N3O4S. The molecule has 0 aliphatic carbocycles. The molecule has 1 aromatic carbocycles. The first-order valence-electron chi connectivity index (χ1n) is 7.26. The Balaban J connectivity index is 1.98. The zero-order chi connectivity index (χ0) is 20.2. The molecule has 3 amide bonds. The number of urea groups is 1. The lowest BCUT2D eigenvalue weighted by molar-refractivity contribution is -0.274. The quantitative estimate of drug-likeness (QED) is 0.425. The number of carbonyl (C=O) groups excluding carboxylic acids is 2. The maximum atomic E-state index is 12.2. The van der Waals surface area contributed by atoms with E-state index in [0.717, 1.165) is 23.5 Å². The van der Waals surface area contributed by atoms with Crippen LogP contribution in [0.4, 0.5) is 23.7 Å². The van der Waals surface area contributed by atoms with Crippen LogP contribution < -0.4 is 20.9 Å². The molecule has 4 N–H and O–H groups in total. The Labute approximate surface area is 160 Å². The predicted molar refractivity (Wildman–Crippen MR) is 92.3 cm³/mol. The van der Waals surface area contributed by atoms with Crippen molar-refractivity contribution in [3.8, 4) is 5.75 Å². The van der Waals surface area contributed by atoms with Crippen molar-refractivity contribution in [2.75, 3.05) is 5.32 Å². The van der Waals surface area contributed by atoms with E-state index in [1.807, 2.05) is 0 Å². The summed E-state index contributed by atoms with van der Waals surface area (Å²) in [5, 5.41) is 13.5. The zero-order valence-electron chi connectivity index (χ0n) is 13.6. The number of rotatable bonds is 5. The zero-order valence-corrected chi connectivity index (χ0v) is 15.1. The van der Waals surface area contributed by atoms with Crippen LogP contribution in [0.15, 0.2) is 30.3 Å². The van der Waals surface area contributed by atoms with Gasteiger partial charge in [-0.2, -0.15) is 0 Å². The van der Waals surface area contributed by atoms with Crippen molar-refractivity contribution in [3.05, 3.63) is 45.1 Å². The molecule has 2 rings (SSSR count). The van der Waals surface area contributed by atoms with Crippen LogP contribution in [0.1, 0.15) is 27.5 Å². The van der Waals surface area contributed by atoms with E-state index in [-0.39, 0.29) is 15.6 Å². The van der Waals surface area contributed by atoms with E-state index in [4.69, 9.17) is 16.8 Å². The third kappa shape index (κ3) is 6.01. The summed E-state index contributed by atoms with van der Waals surface area (Å²) in [5.74, 6) is -1.18. The number of anilines is 1. The van der Waals surface area contributed by atoms with Crippen LogP contribution in [0.3, 0.4) is 0 Å². The van der Waals surface area contributed by atoms with Crippen molar-refractivity contribution in [2.24, 2.45) is 0 Å². The fourth-order valence-corrected chi connectivity index (χ4v) is 3.10. The highest BCUT2D eigenvalue weighted by Crippen LogP contribution is 2.30. The highest BCUT2D eigenvalue weighted by atomic mass is 35.5. The molecule has 1 heterocycles. The number of ether oxygens (including phenoxy) is 1. The SMILES string of the molecule is CC(NC(=O)Nc1ccc(OC(F)(F)F)cc1Cl)c1ccc(C(=O)NO)s1. The lowest BCUT2D eigenvalue weighted by Gasteiger charge is -2.15. The van der Waals surface area contributed by atoms with E-state index < -0.39 is 30.1 Å². The van der Waals surface area contributed by atoms with E-state index in [1.165, 1.54) is 17.6 Å². The minimum Gasteiger partial charge on any atom is -0.406 e. The van der Waals surface area contributed by atoms with Crippen LogP contribution in [-0.4, -0.2) is 23.5 Å². The highest BCUT2D eigenvalue weighted by Gasteiger charge is 2.31. The Morgan fingerprint density at radius 2 is 1.96 bits per heavy atom. The summed E-state index contributed by atoms with van der Waals surface area (Å²) >= 11 is 6.92. The van der Waals surface area contributed by atoms with Gasteiger partial charge in [0.1, 0.15) is 5.75 Å². The predicted octanol–water partition coefficient (Wildman–Crippen LogP) is 4.30. The number of alkyl halides is 3. The largest absolute Gasteiger partial charge is 0.573 e. The second-order valence-electron chi connectivity index (χ2n) is 5.15.